The van der Waals surface area contributed by atoms with Crippen molar-refractivity contribution < 1.29 is 27.8 Å². The number of fused-ring (bicyclic) bond motifs is 1. The van der Waals surface area contributed by atoms with Gasteiger partial charge in [-0.25, -0.2) is 0 Å². The summed E-state index contributed by atoms with van der Waals surface area (Å²) in [5.41, 5.74) is 2.41. The van der Waals surface area contributed by atoms with Gasteiger partial charge < -0.3 is 25.0 Å². The zero-order valence-corrected chi connectivity index (χ0v) is 20.2. The molecule has 0 aromatic heterocycles. The number of ether oxygens (including phenoxy) is 2. The second-order valence-corrected chi connectivity index (χ2v) is 8.79. The predicted octanol–water partition coefficient (Wildman–Crippen LogP) is 3.73. The molecule has 0 aliphatic carbocycles. The molecule has 1 unspecified atom stereocenters. The third-order valence-electron chi connectivity index (χ3n) is 5.92. The van der Waals surface area contributed by atoms with Gasteiger partial charge in [-0.3, -0.25) is 14.5 Å². The van der Waals surface area contributed by atoms with Crippen molar-refractivity contribution in [1.29, 1.82) is 0 Å². The predicted molar refractivity (Wildman–Crippen MR) is 129 cm³/mol. The first-order chi connectivity index (χ1) is 16.7. The highest BCUT2D eigenvalue weighted by molar-refractivity contribution is 6.33. The van der Waals surface area contributed by atoms with Crippen molar-refractivity contribution in [1.82, 2.24) is 10.2 Å². The van der Waals surface area contributed by atoms with Gasteiger partial charge in [0.25, 0.3) is 11.8 Å². The zero-order chi connectivity index (χ0) is 25.1. The van der Waals surface area contributed by atoms with E-state index in [9.17, 15) is 18.4 Å². The Bertz CT molecular complexity index is 1110. The number of rotatable bonds is 7. The van der Waals surface area contributed by atoms with Crippen LogP contribution in [-0.2, 0) is 11.3 Å². The van der Waals surface area contributed by atoms with Gasteiger partial charge in [-0.05, 0) is 49.7 Å². The van der Waals surface area contributed by atoms with Crippen LogP contribution in [0.2, 0.25) is 5.02 Å². The number of carbonyl (C=O) groups is 2. The Morgan fingerprint density at radius 3 is 2.66 bits per heavy atom. The molecule has 35 heavy (non-hydrogen) atoms. The Hall–Kier alpha value is -3.11. The quantitative estimate of drug-likeness (QED) is 0.593. The largest absolute Gasteiger partial charge is 0.475 e. The molecule has 1 saturated heterocycles. The van der Waals surface area contributed by atoms with E-state index in [1.54, 1.807) is 18.2 Å². The number of carbonyl (C=O) groups excluding carboxylic acids is 2. The summed E-state index contributed by atoms with van der Waals surface area (Å²) in [5, 5.41) is 5.96. The molecule has 2 heterocycles. The number of hydrogen-bond donors (Lipinski definition) is 2. The molecular formula is C24H27ClF2N4O4. The van der Waals surface area contributed by atoms with Crippen molar-refractivity contribution in [3.8, 4) is 11.5 Å². The van der Waals surface area contributed by atoms with Crippen LogP contribution in [0, 0.1) is 0 Å². The normalized spacial score (nSPS) is 18.1. The maximum atomic E-state index is 13.0. The third kappa shape index (κ3) is 5.76. The maximum Gasteiger partial charge on any atom is 0.387 e. The molecule has 2 aromatic rings. The van der Waals surface area contributed by atoms with E-state index < -0.39 is 12.7 Å². The van der Waals surface area contributed by atoms with E-state index in [-0.39, 0.29) is 23.3 Å². The van der Waals surface area contributed by atoms with E-state index >= 15 is 0 Å². The minimum Gasteiger partial charge on any atom is -0.475 e. The van der Waals surface area contributed by atoms with Crippen LogP contribution >= 0.6 is 11.6 Å². The Kier molecular flexibility index (Phi) is 7.61. The lowest BCUT2D eigenvalue weighted by Crippen LogP contribution is -2.46. The SMILES string of the molecule is CCNC(=O)c1ccc(N2CCN(Cc3cc4c(c(OC(F)F)c3)OC(C)C(=O)N4)CC2)c(Cl)c1. The average Bonchev–Trinajstić information content (AvgIpc) is 2.81. The van der Waals surface area contributed by atoms with Gasteiger partial charge >= 0.3 is 6.61 Å². The summed E-state index contributed by atoms with van der Waals surface area (Å²) in [6.45, 7) is 4.21. The number of anilines is 2. The van der Waals surface area contributed by atoms with Gasteiger partial charge in [0.2, 0.25) is 0 Å². The standard InChI is InChI=1S/C24H27ClF2N4O4/c1-3-28-23(33)16-4-5-19(17(25)12-16)31-8-6-30(7-9-31)13-15-10-18-21(20(11-15)35-24(26)27)34-14(2)22(32)29-18/h4-5,10-12,14,24H,3,6-9,13H2,1-2H3,(H,28,33)(H,29,32). The summed E-state index contributed by atoms with van der Waals surface area (Å²) >= 11 is 6.46. The summed E-state index contributed by atoms with van der Waals surface area (Å²) in [5.74, 6) is -0.503. The Morgan fingerprint density at radius 2 is 2.00 bits per heavy atom. The van der Waals surface area contributed by atoms with Crippen LogP contribution < -0.4 is 25.0 Å². The lowest BCUT2D eigenvalue weighted by atomic mass is 10.1. The first kappa shape index (κ1) is 25.0. The monoisotopic (exact) mass is 508 g/mol. The molecule has 0 radical (unpaired) electrons. The number of benzene rings is 2. The minimum absolute atomic E-state index is 0.100. The van der Waals surface area contributed by atoms with Gasteiger partial charge in [0, 0.05) is 44.8 Å². The van der Waals surface area contributed by atoms with E-state index in [2.05, 4.69) is 25.2 Å². The van der Waals surface area contributed by atoms with E-state index in [4.69, 9.17) is 16.3 Å². The fourth-order valence-corrected chi connectivity index (χ4v) is 4.49. The number of amides is 2. The molecule has 0 saturated carbocycles. The number of hydrogen-bond acceptors (Lipinski definition) is 6. The molecular weight excluding hydrogens is 482 g/mol. The van der Waals surface area contributed by atoms with Gasteiger partial charge in [0.15, 0.2) is 17.6 Å². The van der Waals surface area contributed by atoms with Crippen LogP contribution in [-0.4, -0.2) is 62.2 Å². The summed E-state index contributed by atoms with van der Waals surface area (Å²) in [6.07, 6.45) is -0.802. The Labute approximate surface area is 207 Å². The van der Waals surface area contributed by atoms with Crippen molar-refractivity contribution in [2.45, 2.75) is 33.1 Å². The van der Waals surface area contributed by atoms with Crippen molar-refractivity contribution in [2.24, 2.45) is 0 Å². The number of piperazine rings is 1. The van der Waals surface area contributed by atoms with Gasteiger partial charge in [0.1, 0.15) is 0 Å². The van der Waals surface area contributed by atoms with E-state index in [0.717, 1.165) is 11.3 Å². The fourth-order valence-electron chi connectivity index (χ4n) is 4.19. The molecule has 2 N–H and O–H groups in total. The highest BCUT2D eigenvalue weighted by atomic mass is 35.5. The summed E-state index contributed by atoms with van der Waals surface area (Å²) in [6, 6.07) is 8.53. The molecule has 2 aliphatic heterocycles. The maximum absolute atomic E-state index is 13.0. The average molecular weight is 509 g/mol. The third-order valence-corrected chi connectivity index (χ3v) is 6.22. The lowest BCUT2D eigenvalue weighted by molar-refractivity contribution is -0.122. The Morgan fingerprint density at radius 1 is 1.26 bits per heavy atom. The van der Waals surface area contributed by atoms with E-state index in [1.165, 1.54) is 13.0 Å². The number of nitrogens with one attached hydrogen (secondary N) is 2. The van der Waals surface area contributed by atoms with Crippen LogP contribution in [0.3, 0.4) is 0 Å². The number of nitrogens with zero attached hydrogens (tertiary/aromatic N) is 2. The molecule has 11 heteroatoms. The van der Waals surface area contributed by atoms with Crippen LogP contribution in [0.15, 0.2) is 30.3 Å². The minimum atomic E-state index is -3.02. The molecule has 0 bridgehead atoms. The summed E-state index contributed by atoms with van der Waals surface area (Å²) in [7, 11) is 0. The van der Waals surface area contributed by atoms with Crippen LogP contribution in [0.5, 0.6) is 11.5 Å². The van der Waals surface area contributed by atoms with Gasteiger partial charge in [0.05, 0.1) is 16.4 Å². The number of alkyl halides is 2. The molecule has 8 nitrogen and oxygen atoms in total. The highest BCUT2D eigenvalue weighted by Crippen LogP contribution is 2.41. The van der Waals surface area contributed by atoms with Crippen molar-refractivity contribution >= 4 is 34.8 Å². The molecule has 4 rings (SSSR count). The molecule has 2 aliphatic rings. The van der Waals surface area contributed by atoms with Crippen LogP contribution in [0.1, 0.15) is 29.8 Å². The lowest BCUT2D eigenvalue weighted by Gasteiger charge is -2.36. The first-order valence-corrected chi connectivity index (χ1v) is 11.8. The van der Waals surface area contributed by atoms with Gasteiger partial charge in [-0.15, -0.1) is 0 Å². The van der Waals surface area contributed by atoms with Crippen LogP contribution in [0.25, 0.3) is 0 Å². The first-order valence-electron chi connectivity index (χ1n) is 11.4. The summed E-state index contributed by atoms with van der Waals surface area (Å²) in [4.78, 5) is 28.4. The smallest absolute Gasteiger partial charge is 0.387 e. The van der Waals surface area contributed by atoms with Crippen LogP contribution in [0.4, 0.5) is 20.2 Å². The molecule has 1 atom stereocenters. The molecule has 0 spiro atoms. The van der Waals surface area contributed by atoms with Crippen molar-refractivity contribution in [2.75, 3.05) is 42.9 Å². The second-order valence-electron chi connectivity index (χ2n) is 8.39. The Balaban J connectivity index is 1.43. The summed E-state index contributed by atoms with van der Waals surface area (Å²) < 4.78 is 36.2. The second kappa shape index (κ2) is 10.7. The van der Waals surface area contributed by atoms with E-state index in [0.29, 0.717) is 55.5 Å². The fraction of sp³-hybridized carbons (Fsp3) is 0.417. The highest BCUT2D eigenvalue weighted by Gasteiger charge is 2.29. The van der Waals surface area contributed by atoms with Crippen molar-refractivity contribution in [3.63, 3.8) is 0 Å². The van der Waals surface area contributed by atoms with Gasteiger partial charge in [-0.2, -0.15) is 8.78 Å². The number of halogens is 3. The molecule has 1 fully saturated rings. The molecule has 188 valence electrons. The molecule has 2 aromatic carbocycles. The van der Waals surface area contributed by atoms with Gasteiger partial charge in [-0.1, -0.05) is 11.6 Å². The topological polar surface area (TPSA) is 83.1 Å². The van der Waals surface area contributed by atoms with E-state index in [1.807, 2.05) is 13.0 Å². The molecule has 2 amide bonds. The zero-order valence-electron chi connectivity index (χ0n) is 19.4. The van der Waals surface area contributed by atoms with Crippen molar-refractivity contribution in [3.05, 3.63) is 46.5 Å².